The van der Waals surface area contributed by atoms with Gasteiger partial charge in [-0.15, -0.1) is 0 Å². The first kappa shape index (κ1) is 11.3. The van der Waals surface area contributed by atoms with Crippen molar-refractivity contribution in [3.05, 3.63) is 35.4 Å². The maximum atomic E-state index is 2.36. The van der Waals surface area contributed by atoms with Gasteiger partial charge in [0.15, 0.2) is 0 Å². The van der Waals surface area contributed by atoms with Crippen LogP contribution in [0.4, 0.5) is 0 Å². The van der Waals surface area contributed by atoms with Gasteiger partial charge >= 0.3 is 0 Å². The fraction of sp³-hybridized carbons (Fsp3) is 0.571. The Balaban J connectivity index is 2.47. The summed E-state index contributed by atoms with van der Waals surface area (Å²) >= 11 is 0. The molecule has 0 saturated heterocycles. The van der Waals surface area contributed by atoms with Gasteiger partial charge in [0.2, 0.25) is 0 Å². The predicted octanol–water partition coefficient (Wildman–Crippen LogP) is 4.36. The van der Waals surface area contributed by atoms with Crippen LogP contribution in [0.25, 0.3) is 0 Å². The van der Waals surface area contributed by atoms with Crippen molar-refractivity contribution in [1.82, 2.24) is 0 Å². The van der Waals surface area contributed by atoms with Gasteiger partial charge in [-0.1, -0.05) is 57.4 Å². The fourth-order valence-electron chi connectivity index (χ4n) is 1.87. The van der Waals surface area contributed by atoms with Crippen LogP contribution in [0.15, 0.2) is 24.3 Å². The molecule has 0 aliphatic heterocycles. The van der Waals surface area contributed by atoms with Gasteiger partial charge in [0.05, 0.1) is 0 Å². The van der Waals surface area contributed by atoms with E-state index in [1.807, 2.05) is 0 Å². The molecule has 0 nitrogen and oxygen atoms in total. The van der Waals surface area contributed by atoms with Gasteiger partial charge in [0.25, 0.3) is 0 Å². The van der Waals surface area contributed by atoms with Crippen molar-refractivity contribution >= 4 is 0 Å². The smallest absolute Gasteiger partial charge is 0.0250 e. The first-order chi connectivity index (χ1) is 6.74. The standard InChI is InChI=1S/C14H22/c1-4-5-8-12(2)11-14-10-7-6-9-13(14)3/h6-7,9-10,12H,4-5,8,11H2,1-3H3. The van der Waals surface area contributed by atoms with E-state index in [0.29, 0.717) is 0 Å². The SMILES string of the molecule is CCCCC(C)Cc1ccccc1C. The summed E-state index contributed by atoms with van der Waals surface area (Å²) < 4.78 is 0. The molecule has 1 unspecified atom stereocenters. The summed E-state index contributed by atoms with van der Waals surface area (Å²) in [5.74, 6) is 0.830. The summed E-state index contributed by atoms with van der Waals surface area (Å²) in [4.78, 5) is 0. The molecule has 0 aliphatic rings. The predicted molar refractivity (Wildman–Crippen MR) is 63.6 cm³/mol. The molecule has 0 bridgehead atoms. The number of hydrogen-bond donors (Lipinski definition) is 0. The molecular formula is C14H22. The van der Waals surface area contributed by atoms with E-state index in [-0.39, 0.29) is 0 Å². The van der Waals surface area contributed by atoms with Crippen molar-refractivity contribution in [1.29, 1.82) is 0 Å². The fourth-order valence-corrected chi connectivity index (χ4v) is 1.87. The molecule has 78 valence electrons. The maximum absolute atomic E-state index is 2.36. The van der Waals surface area contributed by atoms with E-state index < -0.39 is 0 Å². The van der Waals surface area contributed by atoms with Gasteiger partial charge in [-0.2, -0.15) is 0 Å². The van der Waals surface area contributed by atoms with Gasteiger partial charge in [-0.25, -0.2) is 0 Å². The third-order valence-corrected chi connectivity index (χ3v) is 2.88. The van der Waals surface area contributed by atoms with Crippen LogP contribution < -0.4 is 0 Å². The largest absolute Gasteiger partial charge is 0.0654 e. The van der Waals surface area contributed by atoms with E-state index in [0.717, 1.165) is 5.92 Å². The van der Waals surface area contributed by atoms with E-state index in [1.165, 1.54) is 36.8 Å². The van der Waals surface area contributed by atoms with Gasteiger partial charge in [-0.05, 0) is 30.4 Å². The highest BCUT2D eigenvalue weighted by atomic mass is 14.1. The number of aryl methyl sites for hydroxylation is 1. The van der Waals surface area contributed by atoms with Crippen molar-refractivity contribution in [2.45, 2.75) is 46.5 Å². The normalized spacial score (nSPS) is 12.8. The average Bonchev–Trinajstić information content (AvgIpc) is 2.18. The Morgan fingerprint density at radius 3 is 2.57 bits per heavy atom. The number of rotatable bonds is 5. The zero-order valence-corrected chi connectivity index (χ0v) is 9.72. The molecule has 1 rings (SSSR count). The van der Waals surface area contributed by atoms with E-state index >= 15 is 0 Å². The van der Waals surface area contributed by atoms with E-state index in [9.17, 15) is 0 Å². The molecule has 1 aromatic carbocycles. The highest BCUT2D eigenvalue weighted by molar-refractivity contribution is 5.25. The number of benzene rings is 1. The second-order valence-corrected chi connectivity index (χ2v) is 4.38. The lowest BCUT2D eigenvalue weighted by Crippen LogP contribution is -2.01. The topological polar surface area (TPSA) is 0 Å². The zero-order valence-electron chi connectivity index (χ0n) is 9.72. The lowest BCUT2D eigenvalue weighted by atomic mass is 9.94. The van der Waals surface area contributed by atoms with Crippen molar-refractivity contribution in [2.75, 3.05) is 0 Å². The quantitative estimate of drug-likeness (QED) is 0.647. The molecule has 0 amide bonds. The summed E-state index contributed by atoms with van der Waals surface area (Å²) in [5.41, 5.74) is 2.96. The maximum Gasteiger partial charge on any atom is -0.0250 e. The van der Waals surface area contributed by atoms with Crippen molar-refractivity contribution in [2.24, 2.45) is 5.92 Å². The van der Waals surface area contributed by atoms with Crippen LogP contribution >= 0.6 is 0 Å². The third kappa shape index (κ3) is 3.53. The molecule has 0 spiro atoms. The summed E-state index contributed by atoms with van der Waals surface area (Å²) in [6.45, 7) is 6.84. The van der Waals surface area contributed by atoms with Crippen LogP contribution in [0.5, 0.6) is 0 Å². The number of unbranched alkanes of at least 4 members (excludes halogenated alkanes) is 1. The summed E-state index contributed by atoms with van der Waals surface area (Å²) in [5, 5.41) is 0. The molecule has 0 aromatic heterocycles. The van der Waals surface area contributed by atoms with Gasteiger partial charge in [0.1, 0.15) is 0 Å². The van der Waals surface area contributed by atoms with Crippen LogP contribution in [0.2, 0.25) is 0 Å². The minimum atomic E-state index is 0.830. The molecule has 0 aliphatic carbocycles. The van der Waals surface area contributed by atoms with E-state index in [4.69, 9.17) is 0 Å². The molecule has 0 fully saturated rings. The molecule has 0 radical (unpaired) electrons. The van der Waals surface area contributed by atoms with Gasteiger partial charge in [-0.3, -0.25) is 0 Å². The van der Waals surface area contributed by atoms with Crippen molar-refractivity contribution < 1.29 is 0 Å². The minimum Gasteiger partial charge on any atom is -0.0654 e. The van der Waals surface area contributed by atoms with Crippen LogP contribution in [-0.4, -0.2) is 0 Å². The Morgan fingerprint density at radius 1 is 1.21 bits per heavy atom. The molecule has 1 atom stereocenters. The van der Waals surface area contributed by atoms with Gasteiger partial charge < -0.3 is 0 Å². The van der Waals surface area contributed by atoms with E-state index in [2.05, 4.69) is 45.0 Å². The summed E-state index contributed by atoms with van der Waals surface area (Å²) in [7, 11) is 0. The molecular weight excluding hydrogens is 168 g/mol. The second kappa shape index (κ2) is 5.85. The Bertz CT molecular complexity index is 262. The Labute approximate surface area is 88.4 Å². The highest BCUT2D eigenvalue weighted by Crippen LogP contribution is 2.17. The average molecular weight is 190 g/mol. The molecule has 14 heavy (non-hydrogen) atoms. The molecule has 0 saturated carbocycles. The Kier molecular flexibility index (Phi) is 4.72. The molecule has 0 heteroatoms. The second-order valence-electron chi connectivity index (χ2n) is 4.38. The summed E-state index contributed by atoms with van der Waals surface area (Å²) in [6, 6.07) is 8.74. The van der Waals surface area contributed by atoms with Crippen molar-refractivity contribution in [3.8, 4) is 0 Å². The zero-order chi connectivity index (χ0) is 10.4. The highest BCUT2D eigenvalue weighted by Gasteiger charge is 2.04. The molecule has 0 N–H and O–H groups in total. The third-order valence-electron chi connectivity index (χ3n) is 2.88. The molecule has 1 aromatic rings. The number of hydrogen-bond acceptors (Lipinski definition) is 0. The monoisotopic (exact) mass is 190 g/mol. The Morgan fingerprint density at radius 2 is 1.93 bits per heavy atom. The van der Waals surface area contributed by atoms with Crippen LogP contribution in [-0.2, 0) is 6.42 Å². The van der Waals surface area contributed by atoms with Crippen LogP contribution in [0, 0.1) is 12.8 Å². The summed E-state index contributed by atoms with van der Waals surface area (Å²) in [6.07, 6.45) is 5.29. The minimum absolute atomic E-state index is 0.830. The van der Waals surface area contributed by atoms with Crippen molar-refractivity contribution in [3.63, 3.8) is 0 Å². The lowest BCUT2D eigenvalue weighted by molar-refractivity contribution is 0.503. The van der Waals surface area contributed by atoms with Crippen LogP contribution in [0.1, 0.15) is 44.2 Å². The first-order valence-electron chi connectivity index (χ1n) is 5.78. The van der Waals surface area contributed by atoms with Crippen LogP contribution in [0.3, 0.4) is 0 Å². The molecule has 0 heterocycles. The van der Waals surface area contributed by atoms with Gasteiger partial charge in [0, 0.05) is 0 Å². The Hall–Kier alpha value is -0.780. The first-order valence-corrected chi connectivity index (χ1v) is 5.78. The van der Waals surface area contributed by atoms with E-state index in [1.54, 1.807) is 0 Å². The lowest BCUT2D eigenvalue weighted by Gasteiger charge is -2.12.